The van der Waals surface area contributed by atoms with Gasteiger partial charge in [-0.05, 0) is 24.8 Å². The van der Waals surface area contributed by atoms with E-state index in [0.717, 1.165) is 11.6 Å². The lowest BCUT2D eigenvalue weighted by Crippen LogP contribution is -2.24. The van der Waals surface area contributed by atoms with Crippen molar-refractivity contribution < 1.29 is 4.74 Å². The molecule has 2 atom stereocenters. The minimum atomic E-state index is 0.490. The summed E-state index contributed by atoms with van der Waals surface area (Å²) in [5.74, 6) is 1.96. The maximum atomic E-state index is 5.95. The average molecular weight is 241 g/mol. The van der Waals surface area contributed by atoms with Gasteiger partial charge in [-0.15, -0.1) is 11.6 Å². The van der Waals surface area contributed by atoms with Crippen LogP contribution in [-0.4, -0.2) is 24.0 Å². The van der Waals surface area contributed by atoms with Crippen LogP contribution in [-0.2, 0) is 0 Å². The lowest BCUT2D eigenvalue weighted by molar-refractivity contribution is 0.398. The number of pyridine rings is 1. The van der Waals surface area contributed by atoms with Crippen LogP contribution >= 0.6 is 11.6 Å². The zero-order valence-electron chi connectivity index (χ0n) is 9.45. The second-order valence-electron chi connectivity index (χ2n) is 4.18. The number of anilines is 1. The van der Waals surface area contributed by atoms with Crippen LogP contribution in [0.4, 0.5) is 5.69 Å². The van der Waals surface area contributed by atoms with Gasteiger partial charge in [0.2, 0.25) is 5.88 Å². The van der Waals surface area contributed by atoms with E-state index in [9.17, 15) is 0 Å². The molecule has 2 unspecified atom stereocenters. The average Bonchev–Trinajstić information content (AvgIpc) is 2.76. The van der Waals surface area contributed by atoms with E-state index < -0.39 is 0 Å². The van der Waals surface area contributed by atoms with Gasteiger partial charge in [-0.2, -0.15) is 0 Å². The van der Waals surface area contributed by atoms with Crippen LogP contribution in [0.15, 0.2) is 18.3 Å². The van der Waals surface area contributed by atoms with Gasteiger partial charge < -0.3 is 10.1 Å². The number of methoxy groups -OCH3 is 1. The maximum absolute atomic E-state index is 5.95. The number of alkyl halides is 1. The SMILES string of the molecule is COc1cc(NC2CCCC2CCl)ccn1. The molecule has 0 spiro atoms. The quantitative estimate of drug-likeness (QED) is 0.822. The van der Waals surface area contributed by atoms with Crippen LogP contribution in [0.5, 0.6) is 5.88 Å². The van der Waals surface area contributed by atoms with Crippen molar-refractivity contribution in [2.75, 3.05) is 18.3 Å². The number of halogens is 1. The standard InChI is InChI=1S/C12H17ClN2O/c1-16-12-7-10(5-6-14-12)15-11-4-2-3-9(11)8-13/h5-7,9,11H,2-4,8H2,1H3,(H,14,15). The molecule has 1 aromatic heterocycles. The van der Waals surface area contributed by atoms with Gasteiger partial charge in [-0.25, -0.2) is 4.98 Å². The third kappa shape index (κ3) is 2.59. The van der Waals surface area contributed by atoms with E-state index in [2.05, 4.69) is 10.3 Å². The summed E-state index contributed by atoms with van der Waals surface area (Å²) in [5, 5.41) is 3.51. The van der Waals surface area contributed by atoms with Gasteiger partial charge in [-0.3, -0.25) is 0 Å². The molecular weight excluding hydrogens is 224 g/mol. The Morgan fingerprint density at radius 2 is 2.44 bits per heavy atom. The Hall–Kier alpha value is -0.960. The number of hydrogen-bond acceptors (Lipinski definition) is 3. The summed E-state index contributed by atoms with van der Waals surface area (Å²) in [6.45, 7) is 0. The van der Waals surface area contributed by atoms with E-state index in [-0.39, 0.29) is 0 Å². The first kappa shape index (κ1) is 11.5. The topological polar surface area (TPSA) is 34.1 Å². The van der Waals surface area contributed by atoms with Gasteiger partial charge in [0.05, 0.1) is 7.11 Å². The summed E-state index contributed by atoms with van der Waals surface area (Å²) in [5.41, 5.74) is 1.06. The lowest BCUT2D eigenvalue weighted by atomic mass is 10.1. The van der Waals surface area contributed by atoms with Gasteiger partial charge in [0.15, 0.2) is 0 Å². The van der Waals surface area contributed by atoms with Gasteiger partial charge >= 0.3 is 0 Å². The van der Waals surface area contributed by atoms with Gasteiger partial charge in [-0.1, -0.05) is 6.42 Å². The largest absolute Gasteiger partial charge is 0.481 e. The van der Waals surface area contributed by atoms with Crippen LogP contribution in [0.25, 0.3) is 0 Å². The number of nitrogens with zero attached hydrogens (tertiary/aromatic N) is 1. The predicted molar refractivity (Wildman–Crippen MR) is 66.3 cm³/mol. The minimum absolute atomic E-state index is 0.490. The maximum Gasteiger partial charge on any atom is 0.214 e. The third-order valence-corrected chi connectivity index (χ3v) is 3.55. The van der Waals surface area contributed by atoms with Gasteiger partial charge in [0, 0.05) is 29.9 Å². The van der Waals surface area contributed by atoms with Crippen molar-refractivity contribution in [1.29, 1.82) is 0 Å². The highest BCUT2D eigenvalue weighted by atomic mass is 35.5. The number of aromatic nitrogens is 1. The Kier molecular flexibility index (Phi) is 3.88. The third-order valence-electron chi connectivity index (χ3n) is 3.15. The number of hydrogen-bond donors (Lipinski definition) is 1. The summed E-state index contributed by atoms with van der Waals surface area (Å²) in [6, 6.07) is 4.38. The number of nitrogens with one attached hydrogen (secondary N) is 1. The number of rotatable bonds is 4. The van der Waals surface area contributed by atoms with Crippen LogP contribution in [0.3, 0.4) is 0 Å². The van der Waals surface area contributed by atoms with Crippen molar-refractivity contribution in [3.63, 3.8) is 0 Å². The highest BCUT2D eigenvalue weighted by Gasteiger charge is 2.26. The lowest BCUT2D eigenvalue weighted by Gasteiger charge is -2.20. The van der Waals surface area contributed by atoms with Crippen molar-refractivity contribution in [1.82, 2.24) is 4.98 Å². The fourth-order valence-electron chi connectivity index (χ4n) is 2.24. The first-order valence-electron chi connectivity index (χ1n) is 5.66. The van der Waals surface area contributed by atoms with Crippen LogP contribution < -0.4 is 10.1 Å². The molecule has 1 aliphatic carbocycles. The Labute approximate surface area is 101 Å². The van der Waals surface area contributed by atoms with Crippen molar-refractivity contribution in [2.45, 2.75) is 25.3 Å². The molecule has 0 bridgehead atoms. The molecule has 88 valence electrons. The molecule has 1 saturated carbocycles. The molecule has 0 amide bonds. The highest BCUT2D eigenvalue weighted by molar-refractivity contribution is 6.18. The zero-order chi connectivity index (χ0) is 11.4. The van der Waals surface area contributed by atoms with E-state index >= 15 is 0 Å². The molecule has 3 nitrogen and oxygen atoms in total. The molecule has 16 heavy (non-hydrogen) atoms. The van der Waals surface area contributed by atoms with Crippen molar-refractivity contribution >= 4 is 17.3 Å². The Bertz CT molecular complexity index is 346. The van der Waals surface area contributed by atoms with Crippen molar-refractivity contribution in [3.8, 4) is 5.88 Å². The molecule has 0 aromatic carbocycles. The molecule has 0 radical (unpaired) electrons. The summed E-state index contributed by atoms with van der Waals surface area (Å²) >= 11 is 5.95. The normalized spacial score (nSPS) is 24.4. The molecular formula is C12H17ClN2O. The molecule has 0 aliphatic heterocycles. The first-order chi connectivity index (χ1) is 7.83. The van der Waals surface area contributed by atoms with Crippen LogP contribution in [0, 0.1) is 5.92 Å². The van der Waals surface area contributed by atoms with E-state index in [1.165, 1.54) is 19.3 Å². The van der Waals surface area contributed by atoms with Gasteiger partial charge in [0.1, 0.15) is 0 Å². The first-order valence-corrected chi connectivity index (χ1v) is 6.19. The van der Waals surface area contributed by atoms with Crippen molar-refractivity contribution in [3.05, 3.63) is 18.3 Å². The van der Waals surface area contributed by atoms with Crippen LogP contribution in [0.2, 0.25) is 0 Å². The molecule has 1 aliphatic rings. The molecule has 2 rings (SSSR count). The van der Waals surface area contributed by atoms with E-state index in [1.807, 2.05) is 12.1 Å². The molecule has 1 N–H and O–H groups in total. The molecule has 4 heteroatoms. The zero-order valence-corrected chi connectivity index (χ0v) is 10.2. The minimum Gasteiger partial charge on any atom is -0.481 e. The molecule has 1 aromatic rings. The molecule has 1 fully saturated rings. The second-order valence-corrected chi connectivity index (χ2v) is 4.49. The summed E-state index contributed by atoms with van der Waals surface area (Å²) in [6.07, 6.45) is 5.44. The summed E-state index contributed by atoms with van der Waals surface area (Å²) in [7, 11) is 1.63. The fourth-order valence-corrected chi connectivity index (χ4v) is 2.61. The second kappa shape index (κ2) is 5.39. The Balaban J connectivity index is 2.02. The summed E-state index contributed by atoms with van der Waals surface area (Å²) < 4.78 is 5.10. The van der Waals surface area contributed by atoms with Gasteiger partial charge in [0.25, 0.3) is 0 Å². The van der Waals surface area contributed by atoms with Crippen LogP contribution in [0.1, 0.15) is 19.3 Å². The van der Waals surface area contributed by atoms with Crippen molar-refractivity contribution in [2.24, 2.45) is 5.92 Å². The Morgan fingerprint density at radius 1 is 1.56 bits per heavy atom. The smallest absolute Gasteiger partial charge is 0.214 e. The van der Waals surface area contributed by atoms with E-state index in [4.69, 9.17) is 16.3 Å². The molecule has 1 heterocycles. The van der Waals surface area contributed by atoms with E-state index in [0.29, 0.717) is 17.8 Å². The monoisotopic (exact) mass is 240 g/mol. The fraction of sp³-hybridized carbons (Fsp3) is 0.583. The summed E-state index contributed by atoms with van der Waals surface area (Å²) in [4.78, 5) is 4.08. The van der Waals surface area contributed by atoms with E-state index in [1.54, 1.807) is 13.3 Å². The highest BCUT2D eigenvalue weighted by Crippen LogP contribution is 2.29. The predicted octanol–water partition coefficient (Wildman–Crippen LogP) is 2.91. The molecule has 0 saturated heterocycles. The Morgan fingerprint density at radius 3 is 3.19 bits per heavy atom. The number of ether oxygens (including phenoxy) is 1.